The molecule has 5 unspecified atom stereocenters. The van der Waals surface area contributed by atoms with Gasteiger partial charge in [-0.15, -0.1) is 0 Å². The Balaban J connectivity index is 5.10. The number of amides is 4. The number of primary amides is 1. The molecular weight excluding hydrogens is 400 g/mol. The standard InChI is InChI=1S/C17H32N6O7/c1-8(21-16(28)13(20)9(2)24)14(26)23-11(7-12(19)25)15(27)22-10(17(29)30)5-3-4-6-18/h8-11,13,24H,3-7,18,20H2,1-2H3,(H2,19,25)(H,21,28)(H,22,27)(H,23,26)(H,29,30). The highest BCUT2D eigenvalue weighted by atomic mass is 16.4. The lowest BCUT2D eigenvalue weighted by molar-refractivity contribution is -0.142. The van der Waals surface area contributed by atoms with Crippen molar-refractivity contribution < 1.29 is 34.2 Å². The zero-order valence-corrected chi connectivity index (χ0v) is 17.1. The summed E-state index contributed by atoms with van der Waals surface area (Å²) >= 11 is 0. The van der Waals surface area contributed by atoms with Crippen LogP contribution in [0.15, 0.2) is 0 Å². The van der Waals surface area contributed by atoms with Crippen LogP contribution in [-0.4, -0.2) is 76.6 Å². The van der Waals surface area contributed by atoms with Crippen LogP contribution < -0.4 is 33.2 Å². The van der Waals surface area contributed by atoms with Gasteiger partial charge in [-0.2, -0.15) is 0 Å². The van der Waals surface area contributed by atoms with Gasteiger partial charge in [0.25, 0.3) is 0 Å². The van der Waals surface area contributed by atoms with Crippen LogP contribution in [0.25, 0.3) is 0 Å². The van der Waals surface area contributed by atoms with Gasteiger partial charge in [0.2, 0.25) is 23.6 Å². The lowest BCUT2D eigenvalue weighted by Crippen LogP contribution is -2.57. The molecule has 0 aromatic heterocycles. The molecule has 0 rings (SSSR count). The van der Waals surface area contributed by atoms with Crippen LogP contribution in [0.3, 0.4) is 0 Å². The van der Waals surface area contributed by atoms with Gasteiger partial charge >= 0.3 is 5.97 Å². The molecule has 4 amide bonds. The zero-order chi connectivity index (χ0) is 23.4. The van der Waals surface area contributed by atoms with Crippen molar-refractivity contribution in [3.8, 4) is 0 Å². The molecule has 0 spiro atoms. The van der Waals surface area contributed by atoms with Crippen LogP contribution in [0.1, 0.15) is 39.5 Å². The fourth-order valence-corrected chi connectivity index (χ4v) is 2.32. The van der Waals surface area contributed by atoms with E-state index in [4.69, 9.17) is 17.2 Å². The summed E-state index contributed by atoms with van der Waals surface area (Å²) < 4.78 is 0. The summed E-state index contributed by atoms with van der Waals surface area (Å²) in [7, 11) is 0. The van der Waals surface area contributed by atoms with E-state index in [1.165, 1.54) is 13.8 Å². The van der Waals surface area contributed by atoms with Crippen molar-refractivity contribution in [2.45, 2.75) is 69.8 Å². The second-order valence-corrected chi connectivity index (χ2v) is 6.91. The van der Waals surface area contributed by atoms with E-state index in [0.717, 1.165) is 0 Å². The molecule has 5 atom stereocenters. The summed E-state index contributed by atoms with van der Waals surface area (Å²) in [5, 5.41) is 25.3. The molecule has 0 fully saturated rings. The zero-order valence-electron chi connectivity index (χ0n) is 17.1. The first-order valence-electron chi connectivity index (χ1n) is 9.46. The van der Waals surface area contributed by atoms with Gasteiger partial charge in [-0.1, -0.05) is 0 Å². The lowest BCUT2D eigenvalue weighted by Gasteiger charge is -2.23. The van der Waals surface area contributed by atoms with Crippen LogP contribution >= 0.6 is 0 Å². The molecule has 0 aromatic carbocycles. The Kier molecular flexibility index (Phi) is 12.2. The number of aliphatic carboxylic acids is 1. The van der Waals surface area contributed by atoms with Crippen LogP contribution in [-0.2, 0) is 24.0 Å². The van der Waals surface area contributed by atoms with Gasteiger partial charge < -0.3 is 43.4 Å². The normalized spacial score (nSPS) is 15.8. The van der Waals surface area contributed by atoms with E-state index in [0.29, 0.717) is 19.4 Å². The van der Waals surface area contributed by atoms with E-state index >= 15 is 0 Å². The van der Waals surface area contributed by atoms with Gasteiger partial charge in [-0.25, -0.2) is 4.79 Å². The van der Waals surface area contributed by atoms with Crippen LogP contribution in [0.5, 0.6) is 0 Å². The van der Waals surface area contributed by atoms with Gasteiger partial charge in [-0.3, -0.25) is 19.2 Å². The van der Waals surface area contributed by atoms with Crippen molar-refractivity contribution in [1.82, 2.24) is 16.0 Å². The van der Waals surface area contributed by atoms with Crippen LogP contribution in [0.2, 0.25) is 0 Å². The van der Waals surface area contributed by atoms with Crippen molar-refractivity contribution >= 4 is 29.6 Å². The molecule has 0 aromatic rings. The van der Waals surface area contributed by atoms with Crippen molar-refractivity contribution in [3.05, 3.63) is 0 Å². The second kappa shape index (κ2) is 13.5. The van der Waals surface area contributed by atoms with Crippen molar-refractivity contribution in [2.75, 3.05) is 6.54 Å². The van der Waals surface area contributed by atoms with Crippen molar-refractivity contribution in [1.29, 1.82) is 0 Å². The molecular formula is C17H32N6O7. The Bertz CT molecular complexity index is 628. The average Bonchev–Trinajstić information content (AvgIpc) is 2.65. The van der Waals surface area contributed by atoms with Crippen molar-refractivity contribution in [2.24, 2.45) is 17.2 Å². The molecule has 0 aliphatic rings. The number of aliphatic hydroxyl groups is 1. The van der Waals surface area contributed by atoms with Crippen LogP contribution in [0, 0.1) is 0 Å². The van der Waals surface area contributed by atoms with E-state index in [1.807, 2.05) is 0 Å². The Labute approximate surface area is 174 Å². The number of aliphatic hydroxyl groups excluding tert-OH is 1. The number of hydrogen-bond acceptors (Lipinski definition) is 8. The Morgan fingerprint density at radius 2 is 1.47 bits per heavy atom. The largest absolute Gasteiger partial charge is 0.480 e. The maximum Gasteiger partial charge on any atom is 0.326 e. The van der Waals surface area contributed by atoms with Gasteiger partial charge in [0.05, 0.1) is 12.5 Å². The van der Waals surface area contributed by atoms with E-state index < -0.39 is 66.3 Å². The highest BCUT2D eigenvalue weighted by Crippen LogP contribution is 2.03. The molecule has 0 aliphatic carbocycles. The molecule has 0 heterocycles. The molecule has 0 saturated carbocycles. The van der Waals surface area contributed by atoms with E-state index in [-0.39, 0.29) is 6.42 Å². The summed E-state index contributed by atoms with van der Waals surface area (Å²) in [4.78, 5) is 59.2. The quantitative estimate of drug-likeness (QED) is 0.126. The highest BCUT2D eigenvalue weighted by Gasteiger charge is 2.30. The van der Waals surface area contributed by atoms with Gasteiger partial charge in [-0.05, 0) is 39.7 Å². The Morgan fingerprint density at radius 1 is 0.900 bits per heavy atom. The number of rotatable bonds is 14. The number of carboxylic acids is 1. The highest BCUT2D eigenvalue weighted by molar-refractivity contribution is 5.95. The lowest BCUT2D eigenvalue weighted by atomic mass is 10.1. The molecule has 172 valence electrons. The Hall–Kier alpha value is -2.77. The number of nitrogens with one attached hydrogen (secondary N) is 3. The molecule has 30 heavy (non-hydrogen) atoms. The Morgan fingerprint density at radius 3 is 1.93 bits per heavy atom. The SMILES string of the molecule is CC(NC(=O)C(N)C(C)O)C(=O)NC(CC(N)=O)C(=O)NC(CCCCN)C(=O)O. The predicted octanol–water partition coefficient (Wildman–Crippen LogP) is -3.74. The number of hydrogen-bond donors (Lipinski definition) is 8. The molecule has 0 bridgehead atoms. The summed E-state index contributed by atoms with van der Waals surface area (Å²) in [6, 6.07) is -5.12. The second-order valence-electron chi connectivity index (χ2n) is 6.91. The number of nitrogens with two attached hydrogens (primary N) is 3. The smallest absolute Gasteiger partial charge is 0.326 e. The van der Waals surface area contributed by atoms with Gasteiger partial charge in [0, 0.05) is 0 Å². The first-order valence-corrected chi connectivity index (χ1v) is 9.46. The fraction of sp³-hybridized carbons (Fsp3) is 0.706. The van der Waals surface area contributed by atoms with E-state index in [1.54, 1.807) is 0 Å². The maximum atomic E-state index is 12.4. The summed E-state index contributed by atoms with van der Waals surface area (Å²) in [6.07, 6.45) is -0.610. The van der Waals surface area contributed by atoms with Crippen LogP contribution in [0.4, 0.5) is 0 Å². The molecule has 13 nitrogen and oxygen atoms in total. The van der Waals surface area contributed by atoms with E-state index in [2.05, 4.69) is 16.0 Å². The topological polar surface area (TPSA) is 240 Å². The molecule has 0 radical (unpaired) electrons. The number of unbranched alkanes of at least 4 members (excludes halogenated alkanes) is 1. The summed E-state index contributed by atoms with van der Waals surface area (Å²) in [5.41, 5.74) is 15.9. The third-order valence-corrected chi connectivity index (χ3v) is 4.17. The van der Waals surface area contributed by atoms with Crippen molar-refractivity contribution in [3.63, 3.8) is 0 Å². The predicted molar refractivity (Wildman–Crippen MR) is 105 cm³/mol. The molecule has 0 saturated heterocycles. The summed E-state index contributed by atoms with van der Waals surface area (Å²) in [6.45, 7) is 2.96. The first kappa shape index (κ1) is 27.2. The third kappa shape index (κ3) is 10.1. The average molecular weight is 432 g/mol. The minimum absolute atomic E-state index is 0.110. The van der Waals surface area contributed by atoms with Gasteiger partial charge in [0.1, 0.15) is 24.2 Å². The minimum atomic E-state index is -1.45. The third-order valence-electron chi connectivity index (χ3n) is 4.17. The van der Waals surface area contributed by atoms with E-state index in [9.17, 15) is 34.2 Å². The maximum absolute atomic E-state index is 12.4. The number of carbonyl (C=O) groups is 5. The fourth-order valence-electron chi connectivity index (χ4n) is 2.32. The molecule has 11 N–H and O–H groups in total. The monoisotopic (exact) mass is 432 g/mol. The first-order chi connectivity index (χ1) is 13.9. The number of carboxylic acid groups (broad SMARTS) is 1. The molecule has 13 heteroatoms. The molecule has 0 aliphatic heterocycles. The van der Waals surface area contributed by atoms with Gasteiger partial charge in [0.15, 0.2) is 0 Å². The number of carbonyl (C=O) groups excluding carboxylic acids is 4. The summed E-state index contributed by atoms with van der Waals surface area (Å²) in [5.74, 6) is -4.73. The minimum Gasteiger partial charge on any atom is -0.480 e.